The Hall–Kier alpha value is -0.390. The Balaban J connectivity index is 1.46. The zero-order valence-corrected chi connectivity index (χ0v) is 13.5. The number of thiocarbonyl (C=S) groups is 1. The van der Waals surface area contributed by atoms with Crippen molar-refractivity contribution in [3.63, 3.8) is 0 Å². The van der Waals surface area contributed by atoms with E-state index in [1.54, 1.807) is 9.80 Å². The van der Waals surface area contributed by atoms with Crippen LogP contribution in [0, 0.1) is 0 Å². The van der Waals surface area contributed by atoms with Gasteiger partial charge in [-0.2, -0.15) is 0 Å². The zero-order valence-electron chi connectivity index (χ0n) is 12.7. The SMILES string of the molecule is S=C1N(C[NH+]2CCCCC2)CCN1C[NH+]1CCCCC1. The molecule has 5 heteroatoms. The van der Waals surface area contributed by atoms with Crippen LogP contribution in [-0.4, -0.2) is 67.5 Å². The molecule has 0 aromatic carbocycles. The molecule has 0 aromatic heterocycles. The van der Waals surface area contributed by atoms with Gasteiger partial charge in [-0.15, -0.1) is 0 Å². The molecule has 0 spiro atoms. The molecule has 0 aromatic rings. The van der Waals surface area contributed by atoms with Crippen LogP contribution in [0.15, 0.2) is 0 Å². The highest BCUT2D eigenvalue weighted by Crippen LogP contribution is 2.06. The molecule has 0 bridgehead atoms. The summed E-state index contributed by atoms with van der Waals surface area (Å²) in [5.41, 5.74) is 0. The summed E-state index contributed by atoms with van der Waals surface area (Å²) < 4.78 is 0. The fourth-order valence-electron chi connectivity index (χ4n) is 3.89. The van der Waals surface area contributed by atoms with Gasteiger partial charge in [0.25, 0.3) is 0 Å². The molecule has 3 aliphatic heterocycles. The number of hydrogen-bond donors (Lipinski definition) is 2. The standard InChI is InChI=1S/C15H28N4S/c20-15-18(13-16-7-3-1-4-8-16)11-12-19(15)14-17-9-5-2-6-10-17/h1-14H2/p+2. The number of likely N-dealkylation sites (tertiary alicyclic amines) is 2. The summed E-state index contributed by atoms with van der Waals surface area (Å²) in [6, 6.07) is 0. The Morgan fingerprint density at radius 1 is 0.700 bits per heavy atom. The van der Waals surface area contributed by atoms with Crippen molar-refractivity contribution in [3.05, 3.63) is 0 Å². The maximum atomic E-state index is 5.72. The average Bonchev–Trinajstić information content (AvgIpc) is 2.83. The molecular weight excluding hydrogens is 268 g/mol. The molecular formula is C15H30N4S+2. The third-order valence-corrected chi connectivity index (χ3v) is 5.65. The van der Waals surface area contributed by atoms with Gasteiger partial charge >= 0.3 is 0 Å². The Morgan fingerprint density at radius 3 is 1.50 bits per heavy atom. The van der Waals surface area contributed by atoms with E-state index in [1.807, 2.05) is 0 Å². The number of hydrogen-bond acceptors (Lipinski definition) is 1. The van der Waals surface area contributed by atoms with Crippen molar-refractivity contribution >= 4 is 17.3 Å². The topological polar surface area (TPSA) is 15.4 Å². The lowest BCUT2D eigenvalue weighted by molar-refractivity contribution is -0.914. The summed E-state index contributed by atoms with van der Waals surface area (Å²) in [4.78, 5) is 8.40. The maximum absolute atomic E-state index is 5.72. The van der Waals surface area contributed by atoms with Gasteiger partial charge in [0.05, 0.1) is 26.2 Å². The number of rotatable bonds is 4. The van der Waals surface area contributed by atoms with E-state index in [9.17, 15) is 0 Å². The third kappa shape index (κ3) is 3.62. The van der Waals surface area contributed by atoms with Crippen LogP contribution in [0.2, 0.25) is 0 Å². The van der Waals surface area contributed by atoms with E-state index >= 15 is 0 Å². The summed E-state index contributed by atoms with van der Waals surface area (Å²) in [5, 5.41) is 1.13. The highest BCUT2D eigenvalue weighted by atomic mass is 32.1. The summed E-state index contributed by atoms with van der Waals surface area (Å²) in [5.74, 6) is 0. The molecule has 114 valence electrons. The van der Waals surface area contributed by atoms with Crippen LogP contribution in [0.4, 0.5) is 0 Å². The second kappa shape index (κ2) is 7.05. The molecule has 3 fully saturated rings. The molecule has 0 amide bonds. The van der Waals surface area contributed by atoms with Crippen LogP contribution in [0.3, 0.4) is 0 Å². The lowest BCUT2D eigenvalue weighted by Crippen LogP contribution is -3.14. The Bertz CT molecular complexity index is 294. The fourth-order valence-corrected chi connectivity index (χ4v) is 4.20. The first-order valence-electron chi connectivity index (χ1n) is 8.54. The molecule has 20 heavy (non-hydrogen) atoms. The first-order valence-corrected chi connectivity index (χ1v) is 8.95. The van der Waals surface area contributed by atoms with Crippen molar-refractivity contribution in [3.8, 4) is 0 Å². The average molecular weight is 299 g/mol. The van der Waals surface area contributed by atoms with Crippen molar-refractivity contribution in [2.45, 2.75) is 38.5 Å². The molecule has 0 atom stereocenters. The van der Waals surface area contributed by atoms with E-state index in [2.05, 4.69) is 9.80 Å². The van der Waals surface area contributed by atoms with Crippen LogP contribution < -0.4 is 9.80 Å². The zero-order chi connectivity index (χ0) is 13.8. The molecule has 3 aliphatic rings. The van der Waals surface area contributed by atoms with Crippen LogP contribution >= 0.6 is 12.2 Å². The molecule has 3 saturated heterocycles. The molecule has 4 nitrogen and oxygen atoms in total. The number of nitrogens with zero attached hydrogens (tertiary/aromatic N) is 2. The molecule has 0 radical (unpaired) electrons. The summed E-state index contributed by atoms with van der Waals surface area (Å²) in [7, 11) is 0. The second-order valence-electron chi connectivity index (χ2n) is 6.75. The minimum absolute atomic E-state index is 1.13. The van der Waals surface area contributed by atoms with E-state index in [4.69, 9.17) is 12.2 Å². The van der Waals surface area contributed by atoms with E-state index in [0.717, 1.165) is 31.5 Å². The Morgan fingerprint density at radius 2 is 1.10 bits per heavy atom. The number of nitrogens with one attached hydrogen (secondary N) is 2. The van der Waals surface area contributed by atoms with E-state index in [-0.39, 0.29) is 0 Å². The maximum Gasteiger partial charge on any atom is 0.180 e. The van der Waals surface area contributed by atoms with Crippen molar-refractivity contribution < 1.29 is 9.80 Å². The summed E-state index contributed by atoms with van der Waals surface area (Å²) >= 11 is 5.72. The first kappa shape index (κ1) is 14.5. The van der Waals surface area contributed by atoms with Gasteiger partial charge in [-0.1, -0.05) is 0 Å². The van der Waals surface area contributed by atoms with Crippen molar-refractivity contribution in [1.82, 2.24) is 9.80 Å². The van der Waals surface area contributed by atoms with Gasteiger partial charge in [0.2, 0.25) is 0 Å². The smallest absolute Gasteiger partial charge is 0.180 e. The Kier molecular flexibility index (Phi) is 5.13. The van der Waals surface area contributed by atoms with Gasteiger partial charge in [0, 0.05) is 13.1 Å². The highest BCUT2D eigenvalue weighted by molar-refractivity contribution is 7.80. The van der Waals surface area contributed by atoms with E-state index in [0.29, 0.717) is 0 Å². The van der Waals surface area contributed by atoms with Gasteiger partial charge in [0.1, 0.15) is 0 Å². The largest absolute Gasteiger partial charge is 0.318 e. The molecule has 2 N–H and O–H groups in total. The van der Waals surface area contributed by atoms with Crippen molar-refractivity contribution in [2.24, 2.45) is 0 Å². The molecule has 0 aliphatic carbocycles. The van der Waals surface area contributed by atoms with Crippen LogP contribution in [0.1, 0.15) is 38.5 Å². The van der Waals surface area contributed by atoms with Gasteiger partial charge in [0.15, 0.2) is 18.4 Å². The summed E-state index contributed by atoms with van der Waals surface area (Å²) in [6.45, 7) is 9.96. The van der Waals surface area contributed by atoms with Gasteiger partial charge in [-0.25, -0.2) is 0 Å². The van der Waals surface area contributed by atoms with E-state index < -0.39 is 0 Å². The predicted molar refractivity (Wildman–Crippen MR) is 84.8 cm³/mol. The van der Waals surface area contributed by atoms with Gasteiger partial charge in [-0.3, -0.25) is 0 Å². The monoisotopic (exact) mass is 298 g/mol. The minimum atomic E-state index is 1.13. The van der Waals surface area contributed by atoms with Crippen LogP contribution in [0.25, 0.3) is 0 Å². The third-order valence-electron chi connectivity index (χ3n) is 5.13. The van der Waals surface area contributed by atoms with Crippen molar-refractivity contribution in [2.75, 3.05) is 52.6 Å². The van der Waals surface area contributed by atoms with Gasteiger partial charge in [-0.05, 0) is 50.7 Å². The summed E-state index contributed by atoms with van der Waals surface area (Å²) in [6.07, 6.45) is 8.46. The number of piperidine rings is 2. The van der Waals surface area contributed by atoms with Crippen LogP contribution in [-0.2, 0) is 0 Å². The fraction of sp³-hybridized carbons (Fsp3) is 0.933. The lowest BCUT2D eigenvalue weighted by atomic mass is 10.1. The predicted octanol–water partition coefficient (Wildman–Crippen LogP) is -1.06. The molecule has 3 heterocycles. The molecule has 0 unspecified atom stereocenters. The van der Waals surface area contributed by atoms with E-state index in [1.165, 1.54) is 64.7 Å². The number of quaternary nitrogens is 2. The van der Waals surface area contributed by atoms with Gasteiger partial charge < -0.3 is 19.6 Å². The molecule has 3 rings (SSSR count). The first-order chi connectivity index (χ1) is 9.83. The second-order valence-corrected chi connectivity index (χ2v) is 7.11. The minimum Gasteiger partial charge on any atom is -0.318 e. The lowest BCUT2D eigenvalue weighted by Gasteiger charge is -2.31. The quantitative estimate of drug-likeness (QED) is 0.644. The highest BCUT2D eigenvalue weighted by Gasteiger charge is 2.30. The Labute approximate surface area is 128 Å². The normalized spacial score (nSPS) is 26.5. The van der Waals surface area contributed by atoms with Crippen molar-refractivity contribution in [1.29, 1.82) is 0 Å². The van der Waals surface area contributed by atoms with Crippen LogP contribution in [0.5, 0.6) is 0 Å². The molecule has 0 saturated carbocycles.